The Morgan fingerprint density at radius 3 is 2.74 bits per heavy atom. The van der Waals surface area contributed by atoms with Crippen LogP contribution in [0.4, 0.5) is 5.82 Å². The largest absolute Gasteiger partial charge is 0.310 e. The molecule has 0 radical (unpaired) electrons. The van der Waals surface area contributed by atoms with Gasteiger partial charge in [-0.25, -0.2) is 4.98 Å². The molecule has 2 heterocycles. The predicted octanol–water partition coefficient (Wildman–Crippen LogP) is 3.70. The molecule has 2 N–H and O–H groups in total. The van der Waals surface area contributed by atoms with Crippen LogP contribution in [0.1, 0.15) is 18.4 Å². The Hall–Kier alpha value is -2.40. The number of anilines is 1. The van der Waals surface area contributed by atoms with Crippen molar-refractivity contribution in [1.29, 1.82) is 0 Å². The summed E-state index contributed by atoms with van der Waals surface area (Å²) in [6.45, 7) is 2.03. The quantitative estimate of drug-likeness (QED) is 0.770. The molecule has 1 aliphatic carbocycles. The van der Waals surface area contributed by atoms with Crippen LogP contribution in [0.25, 0.3) is 22.0 Å². The number of hydrogen-bond donors (Lipinski definition) is 2. The summed E-state index contributed by atoms with van der Waals surface area (Å²) in [6, 6.07) is 8.09. The maximum Gasteiger partial charge on any atom is 0.228 e. The number of aromatic nitrogens is 3. The van der Waals surface area contributed by atoms with Gasteiger partial charge in [0.25, 0.3) is 0 Å². The second-order valence-corrected chi connectivity index (χ2v) is 5.82. The molecule has 0 spiro atoms. The molecule has 118 valence electrons. The van der Waals surface area contributed by atoms with E-state index in [0.29, 0.717) is 5.82 Å². The topological polar surface area (TPSA) is 70.7 Å². The molecule has 0 aliphatic heterocycles. The van der Waals surface area contributed by atoms with Gasteiger partial charge in [0.15, 0.2) is 0 Å². The van der Waals surface area contributed by atoms with Gasteiger partial charge in [0.1, 0.15) is 5.82 Å². The summed E-state index contributed by atoms with van der Waals surface area (Å²) < 4.78 is 0. The fourth-order valence-corrected chi connectivity index (χ4v) is 2.58. The van der Waals surface area contributed by atoms with Gasteiger partial charge in [-0.2, -0.15) is 5.10 Å². The lowest BCUT2D eigenvalue weighted by Gasteiger charge is -2.06. The molecule has 1 fully saturated rings. The van der Waals surface area contributed by atoms with Crippen molar-refractivity contribution in [1.82, 2.24) is 15.2 Å². The van der Waals surface area contributed by atoms with Crippen LogP contribution in [-0.4, -0.2) is 21.1 Å². The van der Waals surface area contributed by atoms with Gasteiger partial charge < -0.3 is 5.32 Å². The first-order valence-corrected chi connectivity index (χ1v) is 7.42. The number of pyridine rings is 1. The van der Waals surface area contributed by atoms with E-state index >= 15 is 0 Å². The van der Waals surface area contributed by atoms with Crippen molar-refractivity contribution in [3.8, 4) is 11.3 Å². The molecule has 0 atom stereocenters. The molecule has 6 heteroatoms. The number of fused-ring (bicyclic) bond motifs is 1. The Morgan fingerprint density at radius 1 is 1.22 bits per heavy atom. The number of nitrogens with zero attached hydrogens (tertiary/aromatic N) is 2. The number of amides is 1. The molecule has 3 aromatic rings. The van der Waals surface area contributed by atoms with Gasteiger partial charge in [-0.3, -0.25) is 9.89 Å². The molecule has 0 saturated heterocycles. The zero-order valence-corrected chi connectivity index (χ0v) is 13.5. The number of H-pyrrole nitrogens is 1. The highest BCUT2D eigenvalue weighted by atomic mass is 35.5. The molecule has 0 unspecified atom stereocenters. The van der Waals surface area contributed by atoms with E-state index in [2.05, 4.69) is 32.6 Å². The molecule has 23 heavy (non-hydrogen) atoms. The molecule has 4 rings (SSSR count). The normalized spacial score (nSPS) is 13.6. The van der Waals surface area contributed by atoms with Crippen LogP contribution in [0.2, 0.25) is 0 Å². The Bertz CT molecular complexity index is 870. The van der Waals surface area contributed by atoms with Crippen LogP contribution in [0.15, 0.2) is 36.7 Å². The number of rotatable bonds is 3. The molecule has 5 nitrogen and oxygen atoms in total. The third-order valence-corrected chi connectivity index (χ3v) is 4.04. The van der Waals surface area contributed by atoms with E-state index < -0.39 is 0 Å². The minimum atomic E-state index is 0. The van der Waals surface area contributed by atoms with Crippen LogP contribution in [0, 0.1) is 12.8 Å². The van der Waals surface area contributed by atoms with Crippen molar-refractivity contribution in [2.45, 2.75) is 19.8 Å². The average molecular weight is 329 g/mol. The maximum atomic E-state index is 11.8. The van der Waals surface area contributed by atoms with E-state index in [-0.39, 0.29) is 24.2 Å². The first kappa shape index (κ1) is 15.5. The second-order valence-electron chi connectivity index (χ2n) is 5.82. The van der Waals surface area contributed by atoms with Crippen molar-refractivity contribution < 1.29 is 4.79 Å². The SMILES string of the molecule is Cc1cn[nH]c1-c1ccc2cc(NC(=O)C3CC3)ncc2c1.Cl. The Balaban J connectivity index is 0.00000156. The van der Waals surface area contributed by atoms with Crippen molar-refractivity contribution in [2.75, 3.05) is 5.32 Å². The van der Waals surface area contributed by atoms with Crippen molar-refractivity contribution in [2.24, 2.45) is 5.92 Å². The van der Waals surface area contributed by atoms with Crippen molar-refractivity contribution in [3.05, 3.63) is 42.2 Å². The summed E-state index contributed by atoms with van der Waals surface area (Å²) in [7, 11) is 0. The summed E-state index contributed by atoms with van der Waals surface area (Å²) in [5.41, 5.74) is 3.22. The van der Waals surface area contributed by atoms with E-state index in [9.17, 15) is 4.79 Å². The van der Waals surface area contributed by atoms with E-state index in [0.717, 1.165) is 40.4 Å². The number of carbonyl (C=O) groups is 1. The van der Waals surface area contributed by atoms with Gasteiger partial charge in [-0.1, -0.05) is 12.1 Å². The van der Waals surface area contributed by atoms with Gasteiger partial charge >= 0.3 is 0 Å². The molecular weight excluding hydrogens is 312 g/mol. The number of halogens is 1. The molecule has 0 bridgehead atoms. The zero-order chi connectivity index (χ0) is 15.1. The van der Waals surface area contributed by atoms with E-state index in [1.807, 2.05) is 25.3 Å². The van der Waals surface area contributed by atoms with Gasteiger partial charge in [-0.15, -0.1) is 12.4 Å². The number of carbonyl (C=O) groups excluding carboxylic acids is 1. The second kappa shape index (κ2) is 6.01. The van der Waals surface area contributed by atoms with Crippen molar-refractivity contribution in [3.63, 3.8) is 0 Å². The Labute approximate surface area is 139 Å². The standard InChI is InChI=1S/C17H16N4O.ClH/c1-10-8-19-21-16(10)13-5-4-12-7-15(18-9-14(12)6-13)20-17(22)11-2-3-11;/h4-9,11H,2-3H2,1H3,(H,19,21)(H,18,20,22);1H. The smallest absolute Gasteiger partial charge is 0.228 e. The van der Waals surface area contributed by atoms with Crippen LogP contribution >= 0.6 is 12.4 Å². The highest BCUT2D eigenvalue weighted by Gasteiger charge is 2.29. The van der Waals surface area contributed by atoms with Crippen LogP contribution in [-0.2, 0) is 4.79 Å². The van der Waals surface area contributed by atoms with E-state index in [1.165, 1.54) is 0 Å². The van der Waals surface area contributed by atoms with Gasteiger partial charge in [-0.05, 0) is 42.8 Å². The number of hydrogen-bond acceptors (Lipinski definition) is 3. The molecule has 1 aliphatic rings. The fraction of sp³-hybridized carbons (Fsp3) is 0.235. The number of benzene rings is 1. The molecule has 1 amide bonds. The predicted molar refractivity (Wildman–Crippen MR) is 92.7 cm³/mol. The summed E-state index contributed by atoms with van der Waals surface area (Å²) >= 11 is 0. The van der Waals surface area contributed by atoms with E-state index in [4.69, 9.17) is 0 Å². The van der Waals surface area contributed by atoms with E-state index in [1.54, 1.807) is 6.20 Å². The third kappa shape index (κ3) is 3.05. The lowest BCUT2D eigenvalue weighted by Crippen LogP contribution is -2.14. The number of aromatic amines is 1. The summed E-state index contributed by atoms with van der Waals surface area (Å²) in [5.74, 6) is 0.884. The zero-order valence-electron chi connectivity index (χ0n) is 12.7. The van der Waals surface area contributed by atoms with Crippen molar-refractivity contribution >= 4 is 34.9 Å². The maximum absolute atomic E-state index is 11.8. The minimum absolute atomic E-state index is 0. The minimum Gasteiger partial charge on any atom is -0.310 e. The number of nitrogens with one attached hydrogen (secondary N) is 2. The summed E-state index contributed by atoms with van der Waals surface area (Å²) in [6.07, 6.45) is 5.60. The summed E-state index contributed by atoms with van der Waals surface area (Å²) in [5, 5.41) is 12.1. The lowest BCUT2D eigenvalue weighted by atomic mass is 10.0. The van der Waals surface area contributed by atoms with Gasteiger partial charge in [0, 0.05) is 23.1 Å². The first-order valence-electron chi connectivity index (χ1n) is 7.42. The Morgan fingerprint density at radius 2 is 2.04 bits per heavy atom. The molecule has 1 aromatic carbocycles. The lowest BCUT2D eigenvalue weighted by molar-refractivity contribution is -0.117. The van der Waals surface area contributed by atoms with Gasteiger partial charge in [0.2, 0.25) is 5.91 Å². The molecule has 1 saturated carbocycles. The van der Waals surface area contributed by atoms with Crippen LogP contribution < -0.4 is 5.32 Å². The van der Waals surface area contributed by atoms with Crippen LogP contribution in [0.5, 0.6) is 0 Å². The summed E-state index contributed by atoms with van der Waals surface area (Å²) in [4.78, 5) is 16.1. The molecular formula is C17H17ClN4O. The highest BCUT2D eigenvalue weighted by Crippen LogP contribution is 2.30. The highest BCUT2D eigenvalue weighted by molar-refractivity contribution is 5.95. The van der Waals surface area contributed by atoms with Crippen LogP contribution in [0.3, 0.4) is 0 Å². The average Bonchev–Trinajstić information content (AvgIpc) is 3.29. The Kier molecular flexibility index (Phi) is 4.05. The molecule has 2 aromatic heterocycles. The van der Waals surface area contributed by atoms with Gasteiger partial charge in [0.05, 0.1) is 11.9 Å². The fourth-order valence-electron chi connectivity index (χ4n) is 2.58. The first-order chi connectivity index (χ1) is 10.7. The number of aryl methyl sites for hydroxylation is 1. The third-order valence-electron chi connectivity index (χ3n) is 4.04. The monoisotopic (exact) mass is 328 g/mol.